The maximum atomic E-state index is 11.2. The van der Waals surface area contributed by atoms with E-state index in [1.54, 1.807) is 6.08 Å². The number of hydrogen-bond acceptors (Lipinski definition) is 2. The molecule has 0 amide bonds. The third-order valence-corrected chi connectivity index (χ3v) is 1.44. The Kier molecular flexibility index (Phi) is 4.01. The summed E-state index contributed by atoms with van der Waals surface area (Å²) >= 11 is 0. The van der Waals surface area contributed by atoms with Crippen LogP contribution in [0.1, 0.15) is 34.1 Å². The molecule has 0 radical (unpaired) electrons. The number of hydrogen-bond donors (Lipinski definition) is 0. The van der Waals surface area contributed by atoms with Gasteiger partial charge in [-0.05, 0) is 25.8 Å². The van der Waals surface area contributed by atoms with E-state index in [0.717, 1.165) is 0 Å². The summed E-state index contributed by atoms with van der Waals surface area (Å²) in [5.74, 6) is 0.188. The van der Waals surface area contributed by atoms with Gasteiger partial charge in [-0.2, -0.15) is 0 Å². The quantitative estimate of drug-likeness (QED) is 0.478. The van der Waals surface area contributed by atoms with E-state index >= 15 is 0 Å². The van der Waals surface area contributed by atoms with Crippen LogP contribution in [0.15, 0.2) is 12.7 Å². The average Bonchev–Trinajstić information content (AvgIpc) is 1.84. The summed E-state index contributed by atoms with van der Waals surface area (Å²) in [5, 5.41) is 0. The van der Waals surface area contributed by atoms with Crippen LogP contribution in [-0.4, -0.2) is 11.6 Å². The number of esters is 1. The third-order valence-electron chi connectivity index (χ3n) is 1.44. The number of ether oxygens (including phenoxy) is 1. The molecule has 0 unspecified atom stereocenters. The highest BCUT2D eigenvalue weighted by Crippen LogP contribution is 2.12. The number of rotatable bonds is 4. The lowest BCUT2D eigenvalue weighted by Crippen LogP contribution is -2.25. The molecular formula is C10H18O2. The van der Waals surface area contributed by atoms with Crippen molar-refractivity contribution in [2.75, 3.05) is 0 Å². The Bertz CT molecular complexity index is 169. The standard InChI is InChI=1S/C10H18O2/c1-6-10(4,5)12-9(11)7-8(2)3/h6,8H,1,7H2,2-5H3. The first-order chi connectivity index (χ1) is 5.37. The summed E-state index contributed by atoms with van der Waals surface area (Å²) in [7, 11) is 0. The molecule has 0 heterocycles. The first-order valence-corrected chi connectivity index (χ1v) is 4.23. The van der Waals surface area contributed by atoms with Gasteiger partial charge in [0.1, 0.15) is 5.60 Å². The van der Waals surface area contributed by atoms with Crippen LogP contribution in [0.4, 0.5) is 0 Å². The van der Waals surface area contributed by atoms with E-state index in [2.05, 4.69) is 6.58 Å². The first kappa shape index (κ1) is 11.2. The highest BCUT2D eigenvalue weighted by atomic mass is 16.6. The molecule has 0 aliphatic rings. The minimum atomic E-state index is -0.536. The summed E-state index contributed by atoms with van der Waals surface area (Å²) in [6, 6.07) is 0. The molecule has 2 nitrogen and oxygen atoms in total. The molecule has 0 saturated carbocycles. The van der Waals surface area contributed by atoms with Crippen molar-refractivity contribution in [3.8, 4) is 0 Å². The first-order valence-electron chi connectivity index (χ1n) is 4.23. The van der Waals surface area contributed by atoms with Crippen LogP contribution in [0.3, 0.4) is 0 Å². The van der Waals surface area contributed by atoms with Crippen molar-refractivity contribution < 1.29 is 9.53 Å². The molecule has 0 N–H and O–H groups in total. The van der Waals surface area contributed by atoms with Crippen molar-refractivity contribution in [3.05, 3.63) is 12.7 Å². The summed E-state index contributed by atoms with van der Waals surface area (Å²) in [6.07, 6.45) is 2.10. The van der Waals surface area contributed by atoms with Gasteiger partial charge in [-0.3, -0.25) is 4.79 Å². The molecule has 0 aromatic carbocycles. The van der Waals surface area contributed by atoms with E-state index in [1.807, 2.05) is 27.7 Å². The fraction of sp³-hybridized carbons (Fsp3) is 0.700. The van der Waals surface area contributed by atoms with Gasteiger partial charge >= 0.3 is 5.97 Å². The van der Waals surface area contributed by atoms with Crippen LogP contribution in [0.5, 0.6) is 0 Å². The van der Waals surface area contributed by atoms with E-state index < -0.39 is 5.60 Å². The van der Waals surface area contributed by atoms with E-state index in [9.17, 15) is 4.79 Å². The predicted octanol–water partition coefficient (Wildman–Crippen LogP) is 2.54. The van der Waals surface area contributed by atoms with Crippen LogP contribution in [0.25, 0.3) is 0 Å². The Labute approximate surface area is 74.6 Å². The van der Waals surface area contributed by atoms with Gasteiger partial charge in [-0.25, -0.2) is 0 Å². The van der Waals surface area contributed by atoms with Gasteiger partial charge in [0.15, 0.2) is 0 Å². The van der Waals surface area contributed by atoms with Crippen molar-refractivity contribution in [1.82, 2.24) is 0 Å². The van der Waals surface area contributed by atoms with Gasteiger partial charge in [0.05, 0.1) is 0 Å². The van der Waals surface area contributed by atoms with Crippen LogP contribution >= 0.6 is 0 Å². The van der Waals surface area contributed by atoms with Gasteiger partial charge in [-0.1, -0.05) is 20.4 Å². The molecule has 0 saturated heterocycles. The molecule has 0 aliphatic heterocycles. The molecule has 70 valence electrons. The molecule has 0 bridgehead atoms. The SMILES string of the molecule is C=CC(C)(C)OC(=O)CC(C)C. The molecule has 0 fully saturated rings. The molecular weight excluding hydrogens is 152 g/mol. The van der Waals surface area contributed by atoms with Crippen molar-refractivity contribution in [1.29, 1.82) is 0 Å². The van der Waals surface area contributed by atoms with Gasteiger partial charge < -0.3 is 4.74 Å². The zero-order valence-electron chi connectivity index (χ0n) is 8.39. The van der Waals surface area contributed by atoms with Crippen molar-refractivity contribution in [2.24, 2.45) is 5.92 Å². The van der Waals surface area contributed by atoms with Crippen molar-refractivity contribution in [2.45, 2.75) is 39.7 Å². The smallest absolute Gasteiger partial charge is 0.306 e. The van der Waals surface area contributed by atoms with Gasteiger partial charge in [0.2, 0.25) is 0 Å². The Hall–Kier alpha value is -0.790. The monoisotopic (exact) mass is 170 g/mol. The van der Waals surface area contributed by atoms with E-state index in [-0.39, 0.29) is 5.97 Å². The maximum absolute atomic E-state index is 11.2. The lowest BCUT2D eigenvalue weighted by Gasteiger charge is -2.21. The molecule has 12 heavy (non-hydrogen) atoms. The summed E-state index contributed by atoms with van der Waals surface area (Å²) in [5.41, 5.74) is -0.536. The lowest BCUT2D eigenvalue weighted by molar-refractivity contribution is -0.153. The number of carbonyl (C=O) groups is 1. The van der Waals surface area contributed by atoms with Gasteiger partial charge in [0, 0.05) is 6.42 Å². The normalized spacial score (nSPS) is 11.4. The topological polar surface area (TPSA) is 26.3 Å². The minimum Gasteiger partial charge on any atom is -0.455 e. The van der Waals surface area contributed by atoms with Crippen LogP contribution in [-0.2, 0) is 9.53 Å². The fourth-order valence-electron chi connectivity index (χ4n) is 0.710. The van der Waals surface area contributed by atoms with E-state index in [4.69, 9.17) is 4.74 Å². The van der Waals surface area contributed by atoms with Crippen LogP contribution in [0.2, 0.25) is 0 Å². The molecule has 2 heteroatoms. The molecule has 0 atom stereocenters. The minimum absolute atomic E-state index is 0.157. The Balaban J connectivity index is 3.92. The average molecular weight is 170 g/mol. The van der Waals surface area contributed by atoms with Crippen molar-refractivity contribution >= 4 is 5.97 Å². The maximum Gasteiger partial charge on any atom is 0.306 e. The highest BCUT2D eigenvalue weighted by Gasteiger charge is 2.18. The Morgan fingerprint density at radius 2 is 2.08 bits per heavy atom. The molecule has 0 aromatic rings. The second-order valence-corrected chi connectivity index (χ2v) is 3.88. The second-order valence-electron chi connectivity index (χ2n) is 3.88. The van der Waals surface area contributed by atoms with Crippen LogP contribution < -0.4 is 0 Å². The lowest BCUT2D eigenvalue weighted by atomic mass is 10.1. The molecule has 0 spiro atoms. The predicted molar refractivity (Wildman–Crippen MR) is 49.8 cm³/mol. The Morgan fingerprint density at radius 1 is 1.58 bits per heavy atom. The highest BCUT2D eigenvalue weighted by molar-refractivity contribution is 5.70. The zero-order valence-corrected chi connectivity index (χ0v) is 8.39. The van der Waals surface area contributed by atoms with Gasteiger partial charge in [0.25, 0.3) is 0 Å². The van der Waals surface area contributed by atoms with Crippen molar-refractivity contribution in [3.63, 3.8) is 0 Å². The second kappa shape index (κ2) is 4.29. The number of carbonyl (C=O) groups excluding carboxylic acids is 1. The summed E-state index contributed by atoms with van der Waals surface area (Å²) in [4.78, 5) is 11.2. The summed E-state index contributed by atoms with van der Waals surface area (Å²) in [6.45, 7) is 11.2. The van der Waals surface area contributed by atoms with E-state index in [1.165, 1.54) is 0 Å². The fourth-order valence-corrected chi connectivity index (χ4v) is 0.710. The largest absolute Gasteiger partial charge is 0.455 e. The van der Waals surface area contributed by atoms with Gasteiger partial charge in [-0.15, -0.1) is 0 Å². The molecule has 0 rings (SSSR count). The molecule has 0 aromatic heterocycles. The van der Waals surface area contributed by atoms with E-state index in [0.29, 0.717) is 12.3 Å². The molecule has 0 aliphatic carbocycles. The Morgan fingerprint density at radius 3 is 2.42 bits per heavy atom. The van der Waals surface area contributed by atoms with Crippen LogP contribution in [0, 0.1) is 5.92 Å². The summed E-state index contributed by atoms with van der Waals surface area (Å²) < 4.78 is 5.14. The third kappa shape index (κ3) is 4.94. The zero-order chi connectivity index (χ0) is 9.78.